The molecule has 0 N–H and O–H groups in total. The van der Waals surface area contributed by atoms with Gasteiger partial charge in [-0.1, -0.05) is 0 Å². The Morgan fingerprint density at radius 2 is 1.94 bits per heavy atom. The zero-order valence-corrected chi connectivity index (χ0v) is 9.55. The molecule has 0 aliphatic carbocycles. The molecule has 7 nitrogen and oxygen atoms in total. The van der Waals surface area contributed by atoms with Gasteiger partial charge in [-0.15, -0.1) is 0 Å². The van der Waals surface area contributed by atoms with Gasteiger partial charge in [0.15, 0.2) is 11.5 Å². The van der Waals surface area contributed by atoms with E-state index in [9.17, 15) is 8.42 Å². The first-order valence-corrected chi connectivity index (χ1v) is 6.28. The minimum Gasteiger partial charge on any atom is -0.490 e. The van der Waals surface area contributed by atoms with Crippen molar-refractivity contribution in [3.8, 4) is 11.5 Å². The summed E-state index contributed by atoms with van der Waals surface area (Å²) >= 11 is 0. The van der Waals surface area contributed by atoms with Crippen LogP contribution in [-0.4, -0.2) is 21.6 Å². The lowest BCUT2D eigenvalue weighted by Gasteiger charge is -2.07. The predicted molar refractivity (Wildman–Crippen MR) is 58.4 cm³/mol. The Balaban J connectivity index is 2.46. The second-order valence-electron chi connectivity index (χ2n) is 3.31. The Morgan fingerprint density at radius 3 is 2.65 bits per heavy atom. The standard InChI is InChI=1S/C9H9N3O4S/c10-11-12-17(13,14)7-2-3-8-9(6-7)16-5-1-4-15-8/h2-3,6H,1,4-5H2. The maximum atomic E-state index is 11.5. The monoisotopic (exact) mass is 255 g/mol. The molecule has 1 heterocycles. The molecule has 0 radical (unpaired) electrons. The SMILES string of the molecule is [N-]=[N+]=NS(=O)(=O)c1ccc2c(c1)OCCCO2. The van der Waals surface area contributed by atoms with E-state index in [1.165, 1.54) is 18.2 Å². The van der Waals surface area contributed by atoms with Gasteiger partial charge < -0.3 is 9.47 Å². The molecular formula is C9H9N3O4S. The topological polar surface area (TPSA) is 101 Å². The summed E-state index contributed by atoms with van der Waals surface area (Å²) < 4.78 is 36.4. The number of benzene rings is 1. The van der Waals surface area contributed by atoms with E-state index >= 15 is 0 Å². The summed E-state index contributed by atoms with van der Waals surface area (Å²) in [4.78, 5) is 2.17. The molecule has 1 aliphatic heterocycles. The van der Waals surface area contributed by atoms with Crippen LogP contribution in [0, 0.1) is 0 Å². The molecule has 1 aliphatic rings. The van der Waals surface area contributed by atoms with Gasteiger partial charge in [-0.25, -0.2) is 8.42 Å². The molecule has 0 fully saturated rings. The van der Waals surface area contributed by atoms with Crippen LogP contribution in [0.1, 0.15) is 6.42 Å². The minimum atomic E-state index is -3.98. The summed E-state index contributed by atoms with van der Waals surface area (Å²) in [6.07, 6.45) is 0.729. The average Bonchev–Trinajstić information content (AvgIpc) is 2.52. The first kappa shape index (κ1) is 11.6. The summed E-state index contributed by atoms with van der Waals surface area (Å²) in [5.74, 6) is 0.833. The van der Waals surface area contributed by atoms with Gasteiger partial charge in [-0.05, 0) is 17.7 Å². The van der Waals surface area contributed by atoms with Gasteiger partial charge in [0, 0.05) is 21.9 Å². The number of nitrogens with zero attached hydrogens (tertiary/aromatic N) is 3. The number of ether oxygens (including phenoxy) is 2. The van der Waals surface area contributed by atoms with Gasteiger partial charge in [0.25, 0.3) is 10.0 Å². The largest absolute Gasteiger partial charge is 0.490 e. The Kier molecular flexibility index (Phi) is 3.08. The number of hydrogen-bond acceptors (Lipinski definition) is 4. The van der Waals surface area contributed by atoms with Crippen molar-refractivity contribution in [1.29, 1.82) is 0 Å². The normalized spacial score (nSPS) is 14.6. The second kappa shape index (κ2) is 4.52. The fourth-order valence-electron chi connectivity index (χ4n) is 1.40. The van der Waals surface area contributed by atoms with E-state index in [-0.39, 0.29) is 4.90 Å². The third kappa shape index (κ3) is 2.43. The van der Waals surface area contributed by atoms with Crippen molar-refractivity contribution < 1.29 is 17.9 Å². The molecule has 90 valence electrons. The maximum Gasteiger partial charge on any atom is 0.264 e. The molecule has 0 spiro atoms. The molecular weight excluding hydrogens is 246 g/mol. The van der Waals surface area contributed by atoms with E-state index in [0.29, 0.717) is 24.7 Å². The van der Waals surface area contributed by atoms with Gasteiger partial charge in [-0.2, -0.15) is 0 Å². The highest BCUT2D eigenvalue weighted by molar-refractivity contribution is 7.90. The fourth-order valence-corrected chi connectivity index (χ4v) is 2.09. The van der Waals surface area contributed by atoms with E-state index in [0.717, 1.165) is 6.42 Å². The maximum absolute atomic E-state index is 11.5. The van der Waals surface area contributed by atoms with Crippen molar-refractivity contribution in [2.24, 2.45) is 4.52 Å². The molecule has 0 saturated heterocycles. The smallest absolute Gasteiger partial charge is 0.264 e. The van der Waals surface area contributed by atoms with Crippen LogP contribution < -0.4 is 9.47 Å². The first-order valence-electron chi connectivity index (χ1n) is 4.84. The highest BCUT2D eigenvalue weighted by atomic mass is 32.2. The first-order chi connectivity index (χ1) is 8.13. The molecule has 2 rings (SSSR count). The number of fused-ring (bicyclic) bond motifs is 1. The molecule has 0 atom stereocenters. The highest BCUT2D eigenvalue weighted by Gasteiger charge is 2.17. The summed E-state index contributed by atoms with van der Waals surface area (Å²) in [5, 5.41) is 0. The third-order valence-electron chi connectivity index (χ3n) is 2.16. The van der Waals surface area contributed by atoms with Crippen molar-refractivity contribution in [2.75, 3.05) is 13.2 Å². The second-order valence-corrected chi connectivity index (χ2v) is 4.89. The van der Waals surface area contributed by atoms with Crippen LogP contribution in [0.3, 0.4) is 0 Å². The van der Waals surface area contributed by atoms with Crippen molar-refractivity contribution in [3.63, 3.8) is 0 Å². The Bertz CT molecular complexity index is 578. The number of sulfonamides is 1. The van der Waals surface area contributed by atoms with Crippen LogP contribution in [0.2, 0.25) is 0 Å². The lowest BCUT2D eigenvalue weighted by atomic mass is 10.3. The quantitative estimate of drug-likeness (QED) is 0.457. The number of azide groups is 1. The van der Waals surface area contributed by atoms with E-state index in [1.807, 2.05) is 0 Å². The van der Waals surface area contributed by atoms with Gasteiger partial charge in [0.1, 0.15) is 0 Å². The summed E-state index contributed by atoms with van der Waals surface area (Å²) in [6.45, 7) is 0.980. The number of hydrogen-bond donors (Lipinski definition) is 0. The molecule has 8 heteroatoms. The van der Waals surface area contributed by atoms with Gasteiger partial charge in [0.05, 0.1) is 18.1 Å². The van der Waals surface area contributed by atoms with Crippen molar-refractivity contribution >= 4 is 10.0 Å². The van der Waals surface area contributed by atoms with Crippen LogP contribution >= 0.6 is 0 Å². The van der Waals surface area contributed by atoms with E-state index in [1.54, 1.807) is 0 Å². The third-order valence-corrected chi connectivity index (χ3v) is 3.30. The average molecular weight is 255 g/mol. The van der Waals surface area contributed by atoms with Gasteiger partial charge in [-0.3, -0.25) is 0 Å². The molecule has 0 bridgehead atoms. The van der Waals surface area contributed by atoms with Gasteiger partial charge >= 0.3 is 0 Å². The molecule has 1 aromatic carbocycles. The highest BCUT2D eigenvalue weighted by Crippen LogP contribution is 2.32. The zero-order valence-electron chi connectivity index (χ0n) is 8.74. The zero-order chi connectivity index (χ0) is 12.3. The molecule has 17 heavy (non-hydrogen) atoms. The fraction of sp³-hybridized carbons (Fsp3) is 0.333. The van der Waals surface area contributed by atoms with Crippen molar-refractivity contribution in [2.45, 2.75) is 11.3 Å². The van der Waals surface area contributed by atoms with Crippen molar-refractivity contribution in [1.82, 2.24) is 0 Å². The van der Waals surface area contributed by atoms with Crippen LogP contribution in [-0.2, 0) is 10.0 Å². The minimum absolute atomic E-state index is 0.112. The summed E-state index contributed by atoms with van der Waals surface area (Å²) in [6, 6.07) is 4.10. The molecule has 0 amide bonds. The lowest BCUT2D eigenvalue weighted by molar-refractivity contribution is 0.297. The number of rotatable bonds is 2. The van der Waals surface area contributed by atoms with Crippen LogP contribution in [0.15, 0.2) is 27.6 Å². The lowest BCUT2D eigenvalue weighted by Crippen LogP contribution is -1.98. The van der Waals surface area contributed by atoms with Crippen LogP contribution in [0.25, 0.3) is 10.4 Å². The molecule has 1 aromatic rings. The van der Waals surface area contributed by atoms with Gasteiger partial charge in [0.2, 0.25) is 0 Å². The Morgan fingerprint density at radius 1 is 1.24 bits per heavy atom. The van der Waals surface area contributed by atoms with Crippen molar-refractivity contribution in [3.05, 3.63) is 28.6 Å². The molecule has 0 unspecified atom stereocenters. The van der Waals surface area contributed by atoms with E-state index in [2.05, 4.69) is 9.43 Å². The Labute approximate surface area is 97.6 Å². The van der Waals surface area contributed by atoms with E-state index in [4.69, 9.17) is 15.0 Å². The van der Waals surface area contributed by atoms with Crippen LogP contribution in [0.4, 0.5) is 0 Å². The summed E-state index contributed by atoms with van der Waals surface area (Å²) in [5.41, 5.74) is 8.17. The Hall–Kier alpha value is -1.92. The predicted octanol–water partition coefficient (Wildman–Crippen LogP) is 1.85. The summed E-state index contributed by atoms with van der Waals surface area (Å²) in [7, 11) is -3.98. The van der Waals surface area contributed by atoms with Crippen LogP contribution in [0.5, 0.6) is 11.5 Å². The van der Waals surface area contributed by atoms with E-state index < -0.39 is 10.0 Å². The molecule has 0 aromatic heterocycles. The molecule has 0 saturated carbocycles.